The molecule has 0 fully saturated rings. The Morgan fingerprint density at radius 1 is 1.45 bits per heavy atom. The van der Waals surface area contributed by atoms with Gasteiger partial charge in [0.05, 0.1) is 23.4 Å². The quantitative estimate of drug-likeness (QED) is 0.882. The second-order valence-electron chi connectivity index (χ2n) is 4.10. The fourth-order valence-corrected chi connectivity index (χ4v) is 2.99. The fraction of sp³-hybridized carbons (Fsp3) is 0.250. The number of aromatic nitrogens is 2. The minimum absolute atomic E-state index is 0.0314. The summed E-state index contributed by atoms with van der Waals surface area (Å²) in [6.07, 6.45) is 3.03. The van der Waals surface area contributed by atoms with Crippen molar-refractivity contribution in [3.63, 3.8) is 0 Å². The van der Waals surface area contributed by atoms with E-state index >= 15 is 0 Å². The highest BCUT2D eigenvalue weighted by molar-refractivity contribution is 7.92. The van der Waals surface area contributed by atoms with Gasteiger partial charge in [0.2, 0.25) is 0 Å². The van der Waals surface area contributed by atoms with Gasteiger partial charge < -0.3 is 5.11 Å². The topological polar surface area (TPSA) is 84.2 Å². The maximum Gasteiger partial charge on any atom is 0.262 e. The third-order valence-electron chi connectivity index (χ3n) is 2.71. The monoisotopic (exact) mass is 315 g/mol. The van der Waals surface area contributed by atoms with Gasteiger partial charge in [0.25, 0.3) is 10.0 Å². The van der Waals surface area contributed by atoms with E-state index in [4.69, 9.17) is 16.7 Å². The van der Waals surface area contributed by atoms with Crippen molar-refractivity contribution >= 4 is 27.3 Å². The van der Waals surface area contributed by atoms with Gasteiger partial charge in [0.15, 0.2) is 0 Å². The molecule has 0 atom stereocenters. The molecule has 0 aliphatic carbocycles. The van der Waals surface area contributed by atoms with Crippen molar-refractivity contribution < 1.29 is 13.5 Å². The van der Waals surface area contributed by atoms with Crippen molar-refractivity contribution in [3.8, 4) is 0 Å². The molecule has 0 bridgehead atoms. The summed E-state index contributed by atoms with van der Waals surface area (Å²) in [4.78, 5) is 0.0314. The molecule has 20 heavy (non-hydrogen) atoms. The van der Waals surface area contributed by atoms with Crippen LogP contribution < -0.4 is 4.72 Å². The third-order valence-corrected chi connectivity index (χ3v) is 4.45. The normalized spacial score (nSPS) is 11.6. The Morgan fingerprint density at radius 2 is 2.20 bits per heavy atom. The molecule has 0 spiro atoms. The fourth-order valence-electron chi connectivity index (χ4n) is 1.63. The van der Waals surface area contributed by atoms with E-state index in [-0.39, 0.29) is 16.5 Å². The van der Waals surface area contributed by atoms with Gasteiger partial charge in [-0.1, -0.05) is 17.7 Å². The number of nitrogens with one attached hydrogen (secondary N) is 1. The number of halogens is 1. The lowest BCUT2D eigenvalue weighted by Gasteiger charge is -2.08. The van der Waals surface area contributed by atoms with Crippen LogP contribution >= 0.6 is 11.6 Å². The van der Waals surface area contributed by atoms with Crippen LogP contribution in [0.2, 0.25) is 5.02 Å². The van der Waals surface area contributed by atoms with Crippen molar-refractivity contribution in [1.82, 2.24) is 9.78 Å². The number of nitrogens with zero attached hydrogens (tertiary/aromatic N) is 2. The van der Waals surface area contributed by atoms with Gasteiger partial charge in [-0.05, 0) is 24.6 Å². The second-order valence-corrected chi connectivity index (χ2v) is 6.19. The summed E-state index contributed by atoms with van der Waals surface area (Å²) in [5.41, 5.74) is 0.860. The number of benzene rings is 1. The maximum atomic E-state index is 12.2. The lowest BCUT2D eigenvalue weighted by atomic mass is 10.2. The zero-order valence-electron chi connectivity index (χ0n) is 10.7. The van der Waals surface area contributed by atoms with Crippen LogP contribution in [0, 0.1) is 0 Å². The van der Waals surface area contributed by atoms with E-state index < -0.39 is 10.0 Å². The highest BCUT2D eigenvalue weighted by Crippen LogP contribution is 2.22. The lowest BCUT2D eigenvalue weighted by Crippen LogP contribution is -2.12. The Kier molecular flexibility index (Phi) is 4.32. The van der Waals surface area contributed by atoms with Crippen LogP contribution in [0.25, 0.3) is 0 Å². The van der Waals surface area contributed by atoms with Gasteiger partial charge in [-0.3, -0.25) is 9.40 Å². The number of sulfonamides is 1. The van der Waals surface area contributed by atoms with Crippen molar-refractivity contribution in [2.45, 2.75) is 25.0 Å². The van der Waals surface area contributed by atoms with Crippen molar-refractivity contribution in [2.24, 2.45) is 0 Å². The average molecular weight is 316 g/mol. The van der Waals surface area contributed by atoms with Crippen LogP contribution in [-0.2, 0) is 23.2 Å². The first-order chi connectivity index (χ1) is 9.46. The zero-order valence-corrected chi connectivity index (χ0v) is 12.3. The molecular formula is C12H14ClN3O3S. The van der Waals surface area contributed by atoms with Crippen LogP contribution in [0.5, 0.6) is 0 Å². The summed E-state index contributed by atoms with van der Waals surface area (Å²) in [7, 11) is -3.73. The highest BCUT2D eigenvalue weighted by Gasteiger charge is 2.16. The highest BCUT2D eigenvalue weighted by atomic mass is 35.5. The minimum atomic E-state index is -3.73. The number of aliphatic hydroxyl groups is 1. The van der Waals surface area contributed by atoms with Gasteiger partial charge in [-0.2, -0.15) is 5.10 Å². The Labute approximate surface area is 122 Å². The lowest BCUT2D eigenvalue weighted by molar-refractivity contribution is 0.282. The maximum absolute atomic E-state index is 12.2. The molecule has 108 valence electrons. The first kappa shape index (κ1) is 14.8. The van der Waals surface area contributed by atoms with Gasteiger partial charge in [-0.25, -0.2) is 8.42 Å². The number of hydrogen-bond donors (Lipinski definition) is 2. The summed E-state index contributed by atoms with van der Waals surface area (Å²) >= 11 is 5.90. The van der Waals surface area contributed by atoms with Crippen molar-refractivity contribution in [2.75, 3.05) is 4.72 Å². The van der Waals surface area contributed by atoms with Crippen molar-refractivity contribution in [1.29, 1.82) is 0 Å². The van der Waals surface area contributed by atoms with Gasteiger partial charge in [0, 0.05) is 17.8 Å². The van der Waals surface area contributed by atoms with E-state index in [0.717, 1.165) is 0 Å². The second kappa shape index (κ2) is 5.82. The average Bonchev–Trinajstić information content (AvgIpc) is 2.85. The molecule has 1 aromatic carbocycles. The van der Waals surface area contributed by atoms with E-state index in [2.05, 4.69) is 9.82 Å². The Morgan fingerprint density at radius 3 is 2.75 bits per heavy atom. The Bertz CT molecular complexity index is 712. The smallest absolute Gasteiger partial charge is 0.262 e. The predicted octanol–water partition coefficient (Wildman–Crippen LogP) is 1.85. The van der Waals surface area contributed by atoms with E-state index in [0.29, 0.717) is 17.8 Å². The van der Waals surface area contributed by atoms with Crippen LogP contribution in [-0.4, -0.2) is 23.3 Å². The Hall–Kier alpha value is -1.57. The SMILES string of the molecule is CCn1cc(NS(=O)(=O)c2ccc(CO)c(Cl)c2)cn1. The zero-order chi connectivity index (χ0) is 14.8. The molecule has 1 aromatic heterocycles. The van der Waals surface area contributed by atoms with E-state index in [1.54, 1.807) is 10.9 Å². The van der Waals surface area contributed by atoms with E-state index in [1.165, 1.54) is 24.4 Å². The summed E-state index contributed by atoms with van der Waals surface area (Å²) < 4.78 is 28.4. The van der Waals surface area contributed by atoms with Gasteiger partial charge in [0.1, 0.15) is 0 Å². The summed E-state index contributed by atoms with van der Waals surface area (Å²) in [5, 5.41) is 13.2. The van der Waals surface area contributed by atoms with Gasteiger partial charge >= 0.3 is 0 Å². The number of aliphatic hydroxyl groups excluding tert-OH is 1. The number of rotatable bonds is 5. The molecule has 0 radical (unpaired) electrons. The standard InChI is InChI=1S/C12H14ClN3O3S/c1-2-16-7-10(6-14-16)15-20(18,19)11-4-3-9(8-17)12(13)5-11/h3-7,15,17H,2,8H2,1H3. The molecule has 1 heterocycles. The summed E-state index contributed by atoms with van der Waals surface area (Å²) in [6.45, 7) is 2.31. The molecule has 8 heteroatoms. The molecule has 0 unspecified atom stereocenters. The largest absolute Gasteiger partial charge is 0.392 e. The van der Waals surface area contributed by atoms with Crippen LogP contribution in [0.3, 0.4) is 0 Å². The Balaban J connectivity index is 2.28. The molecule has 0 saturated heterocycles. The minimum Gasteiger partial charge on any atom is -0.392 e. The molecule has 2 rings (SSSR count). The molecule has 0 aliphatic rings. The number of hydrogen-bond acceptors (Lipinski definition) is 4. The molecule has 0 amide bonds. The number of anilines is 1. The summed E-state index contributed by atoms with van der Waals surface area (Å²) in [6, 6.07) is 4.18. The molecule has 6 nitrogen and oxygen atoms in total. The molecule has 2 aromatic rings. The predicted molar refractivity (Wildman–Crippen MR) is 76.1 cm³/mol. The van der Waals surface area contributed by atoms with Crippen LogP contribution in [0.1, 0.15) is 12.5 Å². The number of aryl methyl sites for hydroxylation is 1. The van der Waals surface area contributed by atoms with Gasteiger partial charge in [-0.15, -0.1) is 0 Å². The first-order valence-electron chi connectivity index (χ1n) is 5.91. The molecule has 0 saturated carbocycles. The van der Waals surface area contributed by atoms with Crippen molar-refractivity contribution in [3.05, 3.63) is 41.2 Å². The molecule has 2 N–H and O–H groups in total. The molecule has 0 aliphatic heterocycles. The van der Waals surface area contributed by atoms with E-state index in [9.17, 15) is 8.42 Å². The van der Waals surface area contributed by atoms with Crippen LogP contribution in [0.4, 0.5) is 5.69 Å². The van der Waals surface area contributed by atoms with Crippen LogP contribution in [0.15, 0.2) is 35.5 Å². The molecular weight excluding hydrogens is 302 g/mol. The van der Waals surface area contributed by atoms with E-state index in [1.807, 2.05) is 6.92 Å². The third kappa shape index (κ3) is 3.12. The summed E-state index contributed by atoms with van der Waals surface area (Å²) in [5.74, 6) is 0. The first-order valence-corrected chi connectivity index (χ1v) is 7.77.